The second-order valence-electron chi connectivity index (χ2n) is 3.74. The minimum atomic E-state index is -4.54. The Bertz CT molecular complexity index is 411. The summed E-state index contributed by atoms with van der Waals surface area (Å²) in [7, 11) is 0. The number of anilines is 2. The maximum absolute atomic E-state index is 12.6. The lowest BCUT2D eigenvalue weighted by atomic mass is 10.3. The lowest BCUT2D eigenvalue weighted by Crippen LogP contribution is -2.29. The van der Waals surface area contributed by atoms with E-state index < -0.39 is 11.9 Å². The van der Waals surface area contributed by atoms with Crippen molar-refractivity contribution >= 4 is 11.8 Å². The first-order valence-corrected chi connectivity index (χ1v) is 5.93. The summed E-state index contributed by atoms with van der Waals surface area (Å²) < 4.78 is 43.1. The number of likely N-dealkylation sites (N-methyl/N-ethyl adjacent to an activating group) is 1. The Hall–Kier alpha value is -1.57. The average Bonchev–Trinajstić information content (AvgIpc) is 2.33. The molecule has 1 aromatic rings. The maximum Gasteiger partial charge on any atom is 0.433 e. The Morgan fingerprint density at radius 2 is 2.00 bits per heavy atom. The molecule has 0 aliphatic carbocycles. The molecule has 0 unspecified atom stereocenters. The molecule has 108 valence electrons. The van der Waals surface area contributed by atoms with Crippen molar-refractivity contribution in [3.63, 3.8) is 0 Å². The molecule has 8 heteroatoms. The number of alkyl halides is 3. The van der Waals surface area contributed by atoms with E-state index in [1.165, 1.54) is 0 Å². The van der Waals surface area contributed by atoms with Crippen LogP contribution in [0.15, 0.2) is 6.07 Å². The third kappa shape index (κ3) is 4.55. The molecule has 0 aliphatic rings. The predicted molar refractivity (Wildman–Crippen MR) is 65.8 cm³/mol. The lowest BCUT2D eigenvalue weighted by molar-refractivity contribution is -0.141. The van der Waals surface area contributed by atoms with Gasteiger partial charge in [0.25, 0.3) is 0 Å². The fraction of sp³-hybridized carbons (Fsp3) is 0.636. The van der Waals surface area contributed by atoms with E-state index in [0.717, 1.165) is 6.07 Å². The maximum atomic E-state index is 12.6. The molecule has 0 fully saturated rings. The minimum Gasteiger partial charge on any atom is -0.380 e. The van der Waals surface area contributed by atoms with Crippen LogP contribution < -0.4 is 10.6 Å². The van der Waals surface area contributed by atoms with Gasteiger partial charge >= 0.3 is 6.18 Å². The highest BCUT2D eigenvalue weighted by Crippen LogP contribution is 2.30. The van der Waals surface area contributed by atoms with Crippen molar-refractivity contribution in [3.8, 4) is 0 Å². The van der Waals surface area contributed by atoms with Gasteiger partial charge in [0.15, 0.2) is 5.69 Å². The molecule has 0 aliphatic heterocycles. The Kier molecular flexibility index (Phi) is 5.34. The van der Waals surface area contributed by atoms with Gasteiger partial charge < -0.3 is 15.4 Å². The number of nitrogens with two attached hydrogens (primary N) is 1. The molecule has 0 saturated carbocycles. The summed E-state index contributed by atoms with van der Waals surface area (Å²) in [6.07, 6.45) is -4.54. The van der Waals surface area contributed by atoms with E-state index in [1.54, 1.807) is 4.90 Å². The van der Waals surface area contributed by atoms with Gasteiger partial charge in [-0.1, -0.05) is 0 Å². The Balaban J connectivity index is 2.94. The highest BCUT2D eigenvalue weighted by Gasteiger charge is 2.33. The summed E-state index contributed by atoms with van der Waals surface area (Å²) in [6, 6.07) is 0.895. The van der Waals surface area contributed by atoms with Gasteiger partial charge in [-0.15, -0.1) is 0 Å². The summed E-state index contributed by atoms with van der Waals surface area (Å²) in [4.78, 5) is 8.69. The minimum absolute atomic E-state index is 0.155. The SMILES string of the molecule is CCOCCN(CC)c1cc(C(F)(F)F)nc(N)n1. The van der Waals surface area contributed by atoms with Gasteiger partial charge in [0.05, 0.1) is 6.61 Å². The quantitative estimate of drug-likeness (QED) is 0.806. The molecule has 0 atom stereocenters. The number of halogens is 3. The van der Waals surface area contributed by atoms with Crippen LogP contribution in [0.3, 0.4) is 0 Å². The smallest absolute Gasteiger partial charge is 0.380 e. The van der Waals surface area contributed by atoms with Crippen molar-refractivity contribution in [2.45, 2.75) is 20.0 Å². The molecule has 0 aromatic carbocycles. The molecule has 0 radical (unpaired) electrons. The van der Waals surface area contributed by atoms with E-state index in [-0.39, 0.29) is 11.8 Å². The highest BCUT2D eigenvalue weighted by atomic mass is 19.4. The highest BCUT2D eigenvalue weighted by molar-refractivity contribution is 5.44. The van der Waals surface area contributed by atoms with Crippen LogP contribution in [-0.4, -0.2) is 36.3 Å². The monoisotopic (exact) mass is 278 g/mol. The van der Waals surface area contributed by atoms with E-state index in [9.17, 15) is 13.2 Å². The third-order valence-electron chi connectivity index (χ3n) is 2.44. The van der Waals surface area contributed by atoms with Crippen molar-refractivity contribution < 1.29 is 17.9 Å². The molecule has 0 bridgehead atoms. The average molecular weight is 278 g/mol. The molecule has 0 amide bonds. The van der Waals surface area contributed by atoms with Gasteiger partial charge in [0.1, 0.15) is 5.82 Å². The Labute approximate surface area is 109 Å². The van der Waals surface area contributed by atoms with Gasteiger partial charge in [-0.05, 0) is 13.8 Å². The first kappa shape index (κ1) is 15.5. The molecule has 0 spiro atoms. The first-order valence-electron chi connectivity index (χ1n) is 5.93. The second-order valence-corrected chi connectivity index (χ2v) is 3.74. The topological polar surface area (TPSA) is 64.3 Å². The summed E-state index contributed by atoms with van der Waals surface area (Å²) in [6.45, 7) is 5.57. The van der Waals surface area contributed by atoms with Gasteiger partial charge in [0.2, 0.25) is 5.95 Å². The van der Waals surface area contributed by atoms with Crippen LogP contribution in [0.1, 0.15) is 19.5 Å². The molecule has 1 rings (SSSR count). The van der Waals surface area contributed by atoms with Crippen LogP contribution in [0.2, 0.25) is 0 Å². The van der Waals surface area contributed by atoms with Crippen LogP contribution in [0.4, 0.5) is 24.9 Å². The van der Waals surface area contributed by atoms with Gasteiger partial charge in [-0.3, -0.25) is 0 Å². The normalized spacial score (nSPS) is 11.6. The molecule has 0 saturated heterocycles. The standard InChI is InChI=1S/C11H17F3N4O/c1-3-18(5-6-19-4-2)9-7-8(11(12,13)14)16-10(15)17-9/h7H,3-6H2,1-2H3,(H2,15,16,17). The first-order chi connectivity index (χ1) is 8.88. The zero-order valence-corrected chi connectivity index (χ0v) is 10.9. The molecule has 2 N–H and O–H groups in total. The van der Waals surface area contributed by atoms with Crippen molar-refractivity contribution in [2.75, 3.05) is 36.9 Å². The van der Waals surface area contributed by atoms with E-state index in [4.69, 9.17) is 10.5 Å². The summed E-state index contributed by atoms with van der Waals surface area (Å²) in [5, 5.41) is 0. The van der Waals surface area contributed by atoms with E-state index >= 15 is 0 Å². The van der Waals surface area contributed by atoms with Crippen molar-refractivity contribution in [3.05, 3.63) is 11.8 Å². The number of ether oxygens (including phenoxy) is 1. The number of nitrogen functional groups attached to an aromatic ring is 1. The number of nitrogens with zero attached hydrogens (tertiary/aromatic N) is 3. The van der Waals surface area contributed by atoms with E-state index in [0.29, 0.717) is 26.3 Å². The number of rotatable bonds is 6. The Morgan fingerprint density at radius 1 is 1.32 bits per heavy atom. The molecule has 5 nitrogen and oxygen atoms in total. The van der Waals surface area contributed by atoms with E-state index in [1.807, 2.05) is 13.8 Å². The van der Waals surface area contributed by atoms with Crippen LogP contribution in [0.25, 0.3) is 0 Å². The van der Waals surface area contributed by atoms with Crippen LogP contribution >= 0.6 is 0 Å². The number of hydrogen-bond donors (Lipinski definition) is 1. The number of aromatic nitrogens is 2. The summed E-state index contributed by atoms with van der Waals surface area (Å²) in [5.41, 5.74) is 4.29. The third-order valence-corrected chi connectivity index (χ3v) is 2.44. The van der Waals surface area contributed by atoms with E-state index in [2.05, 4.69) is 9.97 Å². The van der Waals surface area contributed by atoms with Crippen molar-refractivity contribution in [1.82, 2.24) is 9.97 Å². The molecule has 1 aromatic heterocycles. The van der Waals surface area contributed by atoms with Crippen LogP contribution in [0, 0.1) is 0 Å². The molecular formula is C11H17F3N4O. The van der Waals surface area contributed by atoms with Gasteiger partial charge in [-0.2, -0.15) is 18.2 Å². The van der Waals surface area contributed by atoms with Crippen LogP contribution in [0.5, 0.6) is 0 Å². The van der Waals surface area contributed by atoms with Crippen LogP contribution in [-0.2, 0) is 10.9 Å². The van der Waals surface area contributed by atoms with Gasteiger partial charge in [0, 0.05) is 25.8 Å². The second kappa shape index (κ2) is 6.55. The largest absolute Gasteiger partial charge is 0.433 e. The van der Waals surface area contributed by atoms with Crippen molar-refractivity contribution in [2.24, 2.45) is 0 Å². The lowest BCUT2D eigenvalue weighted by Gasteiger charge is -2.22. The zero-order chi connectivity index (χ0) is 14.5. The summed E-state index contributed by atoms with van der Waals surface area (Å²) in [5.74, 6) is -0.235. The number of hydrogen-bond acceptors (Lipinski definition) is 5. The Morgan fingerprint density at radius 3 is 2.53 bits per heavy atom. The fourth-order valence-electron chi connectivity index (χ4n) is 1.51. The zero-order valence-electron chi connectivity index (χ0n) is 10.9. The molecule has 19 heavy (non-hydrogen) atoms. The fourth-order valence-corrected chi connectivity index (χ4v) is 1.51. The summed E-state index contributed by atoms with van der Waals surface area (Å²) >= 11 is 0. The molecule has 1 heterocycles. The predicted octanol–water partition coefficient (Wildman–Crippen LogP) is 1.94. The van der Waals surface area contributed by atoms with Crippen molar-refractivity contribution in [1.29, 1.82) is 0 Å². The molecular weight excluding hydrogens is 261 g/mol. The van der Waals surface area contributed by atoms with Gasteiger partial charge in [-0.25, -0.2) is 4.98 Å².